The molecule has 3 N–H and O–H groups in total. The van der Waals surface area contributed by atoms with Gasteiger partial charge in [-0.1, -0.05) is 12.2 Å². The van der Waals surface area contributed by atoms with Gasteiger partial charge in [-0.2, -0.15) is 0 Å². The Hall–Kier alpha value is -2.09. The molecule has 2 rings (SSSR count). The van der Waals surface area contributed by atoms with Crippen LogP contribution < -0.4 is 11.1 Å². The van der Waals surface area contributed by atoms with Gasteiger partial charge in [0.1, 0.15) is 22.8 Å². The Morgan fingerprint density at radius 1 is 1.56 bits per heavy atom. The number of nitrogens with two attached hydrogens (primary N) is 1. The maximum atomic E-state index is 5.50. The molecular weight excluding hydrogens is 250 g/mol. The highest BCUT2D eigenvalue weighted by Crippen LogP contribution is 2.01. The molecule has 0 saturated heterocycles. The van der Waals surface area contributed by atoms with Gasteiger partial charge < -0.3 is 15.6 Å². The summed E-state index contributed by atoms with van der Waals surface area (Å²) in [5, 5.41) is 10.9. The molecule has 0 aliphatic heterocycles. The Kier molecular flexibility index (Phi) is 3.78. The molecule has 18 heavy (non-hydrogen) atoms. The number of aryl methyl sites for hydroxylation is 1. The molecule has 0 saturated carbocycles. The van der Waals surface area contributed by atoms with Crippen molar-refractivity contribution in [2.45, 2.75) is 6.42 Å². The summed E-state index contributed by atoms with van der Waals surface area (Å²) in [7, 11) is 1.90. The third-order valence-corrected chi connectivity index (χ3v) is 2.55. The number of thiocarbonyl (C=S) groups is 1. The topological polar surface area (TPSA) is 94.5 Å². The van der Waals surface area contributed by atoms with E-state index in [1.807, 2.05) is 11.6 Å². The van der Waals surface area contributed by atoms with E-state index in [1.165, 1.54) is 0 Å². The molecule has 0 aliphatic carbocycles. The minimum Gasteiger partial charge on any atom is -0.388 e. The van der Waals surface area contributed by atoms with Gasteiger partial charge in [-0.25, -0.2) is 9.97 Å². The minimum atomic E-state index is 0.258. The van der Waals surface area contributed by atoms with Crippen LogP contribution >= 0.6 is 12.2 Å². The van der Waals surface area contributed by atoms with Gasteiger partial charge in [0.15, 0.2) is 0 Å². The maximum absolute atomic E-state index is 5.50. The van der Waals surface area contributed by atoms with Gasteiger partial charge in [0.2, 0.25) is 5.95 Å². The third-order valence-electron chi connectivity index (χ3n) is 2.34. The molecule has 0 amide bonds. The Morgan fingerprint density at radius 3 is 3.06 bits per heavy atom. The van der Waals surface area contributed by atoms with E-state index in [-0.39, 0.29) is 4.99 Å². The van der Waals surface area contributed by atoms with E-state index in [0.717, 1.165) is 12.2 Å². The quantitative estimate of drug-likeness (QED) is 0.727. The Labute approximate surface area is 109 Å². The van der Waals surface area contributed by atoms with E-state index in [2.05, 4.69) is 25.5 Å². The van der Waals surface area contributed by atoms with Crippen LogP contribution in [0.15, 0.2) is 18.6 Å². The first-order chi connectivity index (χ1) is 8.66. The van der Waals surface area contributed by atoms with Gasteiger partial charge in [-0.15, -0.1) is 10.2 Å². The lowest BCUT2D eigenvalue weighted by molar-refractivity contribution is 0.785. The van der Waals surface area contributed by atoms with E-state index in [1.54, 1.807) is 18.6 Å². The van der Waals surface area contributed by atoms with Crippen molar-refractivity contribution in [2.75, 3.05) is 11.9 Å². The molecule has 2 aromatic rings. The molecule has 0 spiro atoms. The minimum absolute atomic E-state index is 0.258. The average molecular weight is 263 g/mol. The molecule has 7 nitrogen and oxygen atoms in total. The lowest BCUT2D eigenvalue weighted by atomic mass is 10.4. The summed E-state index contributed by atoms with van der Waals surface area (Å²) in [5.74, 6) is 1.40. The fourth-order valence-corrected chi connectivity index (χ4v) is 1.51. The molecular formula is C10H13N7S. The van der Waals surface area contributed by atoms with Gasteiger partial charge in [0.25, 0.3) is 0 Å². The summed E-state index contributed by atoms with van der Waals surface area (Å²) in [6.45, 7) is 0.660. The highest BCUT2D eigenvalue weighted by molar-refractivity contribution is 7.80. The normalized spacial score (nSPS) is 10.3. The summed E-state index contributed by atoms with van der Waals surface area (Å²) in [5.41, 5.74) is 6.06. The van der Waals surface area contributed by atoms with Crippen LogP contribution in [0.1, 0.15) is 11.5 Å². The molecule has 0 unspecified atom stereocenters. The largest absolute Gasteiger partial charge is 0.388 e. The zero-order valence-electron chi connectivity index (χ0n) is 9.87. The molecule has 8 heteroatoms. The Bertz CT molecular complexity index is 551. The van der Waals surface area contributed by atoms with Crippen molar-refractivity contribution in [1.82, 2.24) is 24.7 Å². The summed E-state index contributed by atoms with van der Waals surface area (Å²) in [6, 6.07) is 1.68. The number of hydrogen-bond donors (Lipinski definition) is 2. The molecule has 2 heterocycles. The van der Waals surface area contributed by atoms with E-state index in [9.17, 15) is 0 Å². The number of aromatic nitrogens is 5. The number of hydrogen-bond acceptors (Lipinski definition) is 6. The first kappa shape index (κ1) is 12.4. The predicted octanol–water partition coefficient (Wildman–Crippen LogP) is -0.106. The van der Waals surface area contributed by atoms with Crippen LogP contribution in [-0.2, 0) is 13.5 Å². The third kappa shape index (κ3) is 2.98. The SMILES string of the molecule is Cn1cnnc1CCNc1nccc(C(N)=S)n1. The second-order valence-electron chi connectivity index (χ2n) is 3.66. The molecule has 0 atom stereocenters. The van der Waals surface area contributed by atoms with Crippen LogP contribution in [-0.4, -0.2) is 36.3 Å². The summed E-state index contributed by atoms with van der Waals surface area (Å²) in [6.07, 6.45) is 4.02. The number of anilines is 1. The van der Waals surface area contributed by atoms with Gasteiger partial charge in [-0.3, -0.25) is 0 Å². The first-order valence-electron chi connectivity index (χ1n) is 5.36. The van der Waals surface area contributed by atoms with Crippen molar-refractivity contribution in [1.29, 1.82) is 0 Å². The molecule has 0 aliphatic rings. The van der Waals surface area contributed by atoms with Crippen LogP contribution in [0.5, 0.6) is 0 Å². The first-order valence-corrected chi connectivity index (χ1v) is 5.77. The highest BCUT2D eigenvalue weighted by Gasteiger charge is 2.03. The summed E-state index contributed by atoms with van der Waals surface area (Å²) >= 11 is 4.85. The lowest BCUT2D eigenvalue weighted by Crippen LogP contribution is -2.15. The van der Waals surface area contributed by atoms with Gasteiger partial charge >= 0.3 is 0 Å². The van der Waals surface area contributed by atoms with Crippen molar-refractivity contribution in [3.8, 4) is 0 Å². The van der Waals surface area contributed by atoms with Crippen molar-refractivity contribution in [2.24, 2.45) is 12.8 Å². The fourth-order valence-electron chi connectivity index (χ4n) is 1.40. The molecule has 2 aromatic heterocycles. The number of nitrogens with zero attached hydrogens (tertiary/aromatic N) is 5. The highest BCUT2D eigenvalue weighted by atomic mass is 32.1. The van der Waals surface area contributed by atoms with Gasteiger partial charge in [0, 0.05) is 26.2 Å². The van der Waals surface area contributed by atoms with E-state index in [4.69, 9.17) is 18.0 Å². The lowest BCUT2D eigenvalue weighted by Gasteiger charge is -2.05. The van der Waals surface area contributed by atoms with Gasteiger partial charge in [-0.05, 0) is 6.07 Å². The Balaban J connectivity index is 1.92. The molecule has 94 valence electrons. The fraction of sp³-hybridized carbons (Fsp3) is 0.300. The predicted molar refractivity (Wildman–Crippen MR) is 71.1 cm³/mol. The summed E-state index contributed by atoms with van der Waals surface area (Å²) in [4.78, 5) is 8.52. The van der Waals surface area contributed by atoms with Crippen molar-refractivity contribution >= 4 is 23.2 Å². The van der Waals surface area contributed by atoms with Crippen LogP contribution in [0.3, 0.4) is 0 Å². The smallest absolute Gasteiger partial charge is 0.223 e. The number of nitrogens with one attached hydrogen (secondary N) is 1. The molecule has 0 aromatic carbocycles. The molecule has 0 fully saturated rings. The van der Waals surface area contributed by atoms with Crippen LogP contribution in [0.25, 0.3) is 0 Å². The van der Waals surface area contributed by atoms with Gasteiger partial charge in [0.05, 0.1) is 0 Å². The zero-order valence-corrected chi connectivity index (χ0v) is 10.7. The summed E-state index contributed by atoms with van der Waals surface area (Å²) < 4.78 is 1.87. The second-order valence-corrected chi connectivity index (χ2v) is 4.10. The van der Waals surface area contributed by atoms with Crippen molar-refractivity contribution in [3.05, 3.63) is 30.1 Å². The molecule has 0 radical (unpaired) electrons. The van der Waals surface area contributed by atoms with Crippen LogP contribution in [0.4, 0.5) is 5.95 Å². The zero-order chi connectivity index (χ0) is 13.0. The van der Waals surface area contributed by atoms with E-state index in [0.29, 0.717) is 18.2 Å². The second kappa shape index (κ2) is 5.50. The van der Waals surface area contributed by atoms with E-state index >= 15 is 0 Å². The van der Waals surface area contributed by atoms with Crippen molar-refractivity contribution in [3.63, 3.8) is 0 Å². The number of rotatable bonds is 5. The maximum Gasteiger partial charge on any atom is 0.223 e. The standard InChI is InChI=1S/C10H13N7S/c1-17-6-14-16-8(17)3-5-13-10-12-4-2-7(15-10)9(11)18/h2,4,6H,3,5H2,1H3,(H2,11,18)(H,12,13,15). The van der Waals surface area contributed by atoms with E-state index < -0.39 is 0 Å². The monoisotopic (exact) mass is 263 g/mol. The van der Waals surface area contributed by atoms with Crippen LogP contribution in [0.2, 0.25) is 0 Å². The molecule has 0 bridgehead atoms. The van der Waals surface area contributed by atoms with Crippen molar-refractivity contribution < 1.29 is 0 Å². The average Bonchev–Trinajstić information content (AvgIpc) is 2.76. The Morgan fingerprint density at radius 2 is 2.39 bits per heavy atom. The van der Waals surface area contributed by atoms with Crippen LogP contribution in [0, 0.1) is 0 Å².